The maximum atomic E-state index is 12.5. The zero-order chi connectivity index (χ0) is 19.0. The number of esters is 1. The molecule has 4 heterocycles. The third-order valence-corrected chi connectivity index (χ3v) is 6.67. The molecule has 0 unspecified atom stereocenters. The van der Waals surface area contributed by atoms with Crippen LogP contribution < -0.4 is 9.47 Å². The van der Waals surface area contributed by atoms with E-state index in [4.69, 9.17) is 23.7 Å². The van der Waals surface area contributed by atoms with Crippen molar-refractivity contribution in [3.63, 3.8) is 0 Å². The van der Waals surface area contributed by atoms with Crippen molar-refractivity contribution in [2.24, 2.45) is 11.8 Å². The average Bonchev–Trinajstić information content (AvgIpc) is 3.19. The van der Waals surface area contributed by atoms with Crippen LogP contribution in [0.2, 0.25) is 0 Å². The summed E-state index contributed by atoms with van der Waals surface area (Å²) in [5.41, 5.74) is 1.51. The van der Waals surface area contributed by atoms with Crippen LogP contribution in [0.3, 0.4) is 0 Å². The van der Waals surface area contributed by atoms with E-state index in [0.29, 0.717) is 43.1 Å². The largest absolute Gasteiger partial charge is 0.506 e. The number of ether oxygens (including phenoxy) is 5. The van der Waals surface area contributed by atoms with Crippen LogP contribution in [-0.2, 0) is 27.1 Å². The summed E-state index contributed by atoms with van der Waals surface area (Å²) >= 11 is 0. The molecule has 0 radical (unpaired) electrons. The van der Waals surface area contributed by atoms with Crippen molar-refractivity contribution in [1.29, 1.82) is 0 Å². The maximum absolute atomic E-state index is 12.5. The molecule has 1 aromatic carbocycles. The van der Waals surface area contributed by atoms with Gasteiger partial charge in [0.1, 0.15) is 22.8 Å². The van der Waals surface area contributed by atoms with Crippen LogP contribution >= 0.6 is 0 Å². The smallest absolute Gasteiger partial charge is 0.345 e. The molecule has 1 N–H and O–H groups in total. The van der Waals surface area contributed by atoms with Crippen molar-refractivity contribution in [2.45, 2.75) is 51.1 Å². The lowest BCUT2D eigenvalue weighted by Gasteiger charge is -2.42. The first kappa shape index (κ1) is 17.1. The number of rotatable bonds is 1. The summed E-state index contributed by atoms with van der Waals surface area (Å²) < 4.78 is 29.1. The van der Waals surface area contributed by atoms with Crippen LogP contribution in [0.4, 0.5) is 0 Å². The van der Waals surface area contributed by atoms with E-state index in [1.54, 1.807) is 0 Å². The summed E-state index contributed by atoms with van der Waals surface area (Å²) in [4.78, 5) is 12.5. The monoisotopic (exact) mass is 376 g/mol. The Hall–Kier alpha value is -1.99. The van der Waals surface area contributed by atoms with Crippen molar-refractivity contribution < 1.29 is 33.6 Å². The van der Waals surface area contributed by atoms with Crippen LogP contribution in [0.5, 0.6) is 17.2 Å². The van der Waals surface area contributed by atoms with Gasteiger partial charge in [-0.1, -0.05) is 0 Å². The molecule has 4 aliphatic rings. The van der Waals surface area contributed by atoms with Gasteiger partial charge in [-0.3, -0.25) is 0 Å². The number of hydrogen-bond acceptors (Lipinski definition) is 7. The van der Waals surface area contributed by atoms with Gasteiger partial charge in [0.25, 0.3) is 0 Å². The molecule has 7 nitrogen and oxygen atoms in total. The Morgan fingerprint density at radius 2 is 1.56 bits per heavy atom. The molecule has 0 bridgehead atoms. The Bertz CT molecular complexity index is 834. The fraction of sp³-hybridized carbons (Fsp3) is 0.650. The summed E-state index contributed by atoms with van der Waals surface area (Å²) in [6, 6.07) is 0. The van der Waals surface area contributed by atoms with Gasteiger partial charge in [0.2, 0.25) is 11.6 Å². The topological polar surface area (TPSA) is 83.5 Å². The van der Waals surface area contributed by atoms with Crippen LogP contribution in [0.1, 0.15) is 48.2 Å². The summed E-state index contributed by atoms with van der Waals surface area (Å²) in [6.45, 7) is 5.04. The number of carbonyl (C=O) groups excluding carboxylic acids is 1. The minimum absolute atomic E-state index is 0.0625. The van der Waals surface area contributed by atoms with Gasteiger partial charge in [0.05, 0.1) is 20.3 Å². The number of aromatic hydroxyl groups is 1. The number of fused-ring (bicyclic) bond motifs is 5. The van der Waals surface area contributed by atoms with Gasteiger partial charge in [0, 0.05) is 36.8 Å². The minimum atomic E-state index is -0.818. The summed E-state index contributed by atoms with van der Waals surface area (Å²) in [5, 5.41) is 11.0. The highest BCUT2D eigenvalue weighted by Crippen LogP contribution is 2.56. The van der Waals surface area contributed by atoms with E-state index >= 15 is 0 Å². The van der Waals surface area contributed by atoms with E-state index in [-0.39, 0.29) is 23.1 Å². The second-order valence-electron chi connectivity index (χ2n) is 8.14. The molecule has 146 valence electrons. The van der Waals surface area contributed by atoms with Gasteiger partial charge < -0.3 is 28.8 Å². The number of phenolic OH excluding ortho intramolecular Hbond substituents is 1. The molecule has 4 aliphatic heterocycles. The van der Waals surface area contributed by atoms with Crippen molar-refractivity contribution in [3.8, 4) is 17.2 Å². The first-order valence-electron chi connectivity index (χ1n) is 9.51. The minimum Gasteiger partial charge on any atom is -0.506 e. The maximum Gasteiger partial charge on any atom is 0.345 e. The second-order valence-corrected chi connectivity index (χ2v) is 8.14. The Kier molecular flexibility index (Phi) is 3.50. The first-order valence-corrected chi connectivity index (χ1v) is 9.51. The Morgan fingerprint density at radius 3 is 2.15 bits per heavy atom. The quantitative estimate of drug-likeness (QED) is 0.754. The Balaban J connectivity index is 1.73. The van der Waals surface area contributed by atoms with E-state index < -0.39 is 17.5 Å². The van der Waals surface area contributed by atoms with Gasteiger partial charge in [-0.25, -0.2) is 4.79 Å². The fourth-order valence-electron chi connectivity index (χ4n) is 4.97. The second kappa shape index (κ2) is 5.52. The SMILES string of the molecule is COC(=O)c1c(O)c2c(c3c1O[C@@]1(C)OCC[C@H]1C3)O[C@@]1(C)OCC[C@H]1C2. The molecule has 27 heavy (non-hydrogen) atoms. The molecule has 0 aromatic heterocycles. The molecule has 0 amide bonds. The van der Waals surface area contributed by atoms with E-state index in [2.05, 4.69) is 0 Å². The molecular formula is C20H24O7. The van der Waals surface area contributed by atoms with Crippen LogP contribution in [-0.4, -0.2) is 43.0 Å². The third kappa shape index (κ3) is 2.24. The molecule has 5 rings (SSSR count). The number of carbonyl (C=O) groups is 1. The Morgan fingerprint density at radius 1 is 1.00 bits per heavy atom. The highest BCUT2D eigenvalue weighted by atomic mass is 16.7. The standard InChI is InChI=1S/C20H24O7/c1-19-10(4-6-24-19)8-12-15(21)14(18(22)23-3)17-13(16(12)26-19)9-11-5-7-25-20(11,2)27-17/h10-11,21H,4-9H2,1-3H3/t10-,11-,19+,20+/m0/s1. The molecule has 2 fully saturated rings. The molecule has 0 aliphatic carbocycles. The van der Waals surface area contributed by atoms with Crippen LogP contribution in [0, 0.1) is 11.8 Å². The lowest BCUT2D eigenvalue weighted by molar-refractivity contribution is -0.173. The predicted octanol–water partition coefficient (Wildman–Crippen LogP) is 2.55. The normalized spacial score (nSPS) is 36.0. The molecule has 7 heteroatoms. The zero-order valence-electron chi connectivity index (χ0n) is 15.8. The highest BCUT2D eigenvalue weighted by molar-refractivity contribution is 5.97. The van der Waals surface area contributed by atoms with Crippen molar-refractivity contribution in [2.75, 3.05) is 20.3 Å². The third-order valence-electron chi connectivity index (χ3n) is 6.67. The lowest BCUT2D eigenvalue weighted by Crippen LogP contribution is -2.46. The molecular weight excluding hydrogens is 352 g/mol. The fourth-order valence-corrected chi connectivity index (χ4v) is 4.97. The van der Waals surface area contributed by atoms with Crippen LogP contribution in [0.15, 0.2) is 0 Å². The number of benzene rings is 1. The molecule has 0 saturated carbocycles. The van der Waals surface area contributed by atoms with Gasteiger partial charge in [-0.15, -0.1) is 0 Å². The molecule has 2 saturated heterocycles. The number of hydrogen-bond donors (Lipinski definition) is 1. The summed E-state index contributed by atoms with van der Waals surface area (Å²) in [5.74, 6) is -1.10. The summed E-state index contributed by atoms with van der Waals surface area (Å²) in [6.07, 6.45) is 2.97. The van der Waals surface area contributed by atoms with Crippen molar-refractivity contribution >= 4 is 5.97 Å². The molecule has 4 atom stereocenters. The first-order chi connectivity index (χ1) is 12.9. The van der Waals surface area contributed by atoms with Gasteiger partial charge in [-0.2, -0.15) is 0 Å². The van der Waals surface area contributed by atoms with E-state index in [0.717, 1.165) is 18.4 Å². The van der Waals surface area contributed by atoms with E-state index in [1.807, 2.05) is 13.8 Å². The van der Waals surface area contributed by atoms with Gasteiger partial charge >= 0.3 is 5.97 Å². The number of phenols is 1. The lowest BCUT2D eigenvalue weighted by atomic mass is 9.81. The van der Waals surface area contributed by atoms with E-state index in [9.17, 15) is 9.90 Å². The number of methoxy groups -OCH3 is 1. The predicted molar refractivity (Wildman–Crippen MR) is 93.0 cm³/mol. The van der Waals surface area contributed by atoms with E-state index in [1.165, 1.54) is 7.11 Å². The van der Waals surface area contributed by atoms with Gasteiger partial charge in [0.15, 0.2) is 0 Å². The van der Waals surface area contributed by atoms with Crippen LogP contribution in [0.25, 0.3) is 0 Å². The zero-order valence-corrected chi connectivity index (χ0v) is 15.8. The Labute approximate surface area is 157 Å². The highest BCUT2D eigenvalue weighted by Gasteiger charge is 2.53. The average molecular weight is 376 g/mol. The summed E-state index contributed by atoms with van der Waals surface area (Å²) in [7, 11) is 1.30. The van der Waals surface area contributed by atoms with Crippen molar-refractivity contribution in [1.82, 2.24) is 0 Å². The molecule has 1 aromatic rings. The molecule has 0 spiro atoms. The van der Waals surface area contributed by atoms with Crippen molar-refractivity contribution in [3.05, 3.63) is 16.7 Å². The van der Waals surface area contributed by atoms with Gasteiger partial charge in [-0.05, 0) is 25.7 Å².